The van der Waals surface area contributed by atoms with E-state index in [9.17, 15) is 0 Å². The van der Waals surface area contributed by atoms with Crippen molar-refractivity contribution < 1.29 is 0 Å². The highest BCUT2D eigenvalue weighted by molar-refractivity contribution is 5.30. The van der Waals surface area contributed by atoms with Crippen LogP contribution >= 0.6 is 0 Å². The van der Waals surface area contributed by atoms with Crippen molar-refractivity contribution >= 4 is 0 Å². The molecule has 3 saturated heterocycles. The van der Waals surface area contributed by atoms with E-state index in [0.29, 0.717) is 5.92 Å². The van der Waals surface area contributed by atoms with Gasteiger partial charge in [-0.2, -0.15) is 0 Å². The lowest BCUT2D eigenvalue weighted by molar-refractivity contribution is 0.138. The first kappa shape index (κ1) is 9.02. The topological polar surface area (TPSA) is 3.24 Å². The van der Waals surface area contributed by atoms with Gasteiger partial charge in [0.05, 0.1) is 0 Å². The summed E-state index contributed by atoms with van der Waals surface area (Å²) in [6.07, 6.45) is 2.69. The fourth-order valence-corrected chi connectivity index (χ4v) is 3.11. The Labute approximate surface area is 91.4 Å². The summed E-state index contributed by atoms with van der Waals surface area (Å²) < 4.78 is 0. The van der Waals surface area contributed by atoms with E-state index in [4.69, 9.17) is 0 Å². The summed E-state index contributed by atoms with van der Waals surface area (Å²) in [6.45, 7) is 6.74. The van der Waals surface area contributed by atoms with Crippen molar-refractivity contribution in [2.24, 2.45) is 5.92 Å². The Kier molecular flexibility index (Phi) is 2.05. The van der Waals surface area contributed by atoms with Crippen molar-refractivity contribution in [2.75, 3.05) is 13.1 Å². The average molecular weight is 199 g/mol. The Bertz CT molecular complexity index is 360. The first-order valence-electron chi connectivity index (χ1n) is 5.85. The van der Waals surface area contributed by atoms with Crippen LogP contribution in [-0.4, -0.2) is 18.0 Å². The molecular weight excluding hydrogens is 182 g/mol. The van der Waals surface area contributed by atoms with Gasteiger partial charge < -0.3 is 4.90 Å². The molecule has 1 aromatic rings. The smallest absolute Gasteiger partial charge is 0.0263 e. The molecule has 3 heterocycles. The van der Waals surface area contributed by atoms with Crippen molar-refractivity contribution in [1.29, 1.82) is 0 Å². The number of fused-ring (bicyclic) bond motifs is 3. The molecule has 1 aromatic carbocycles. The van der Waals surface area contributed by atoms with E-state index >= 15 is 0 Å². The van der Waals surface area contributed by atoms with Gasteiger partial charge in [0, 0.05) is 24.7 Å². The van der Waals surface area contributed by atoms with Gasteiger partial charge >= 0.3 is 0 Å². The fourth-order valence-electron chi connectivity index (χ4n) is 3.11. The second kappa shape index (κ2) is 3.41. The van der Waals surface area contributed by atoms with E-state index < -0.39 is 0 Å². The molecule has 3 aliphatic heterocycles. The molecule has 1 heteroatoms. The predicted molar refractivity (Wildman–Crippen MR) is 62.6 cm³/mol. The van der Waals surface area contributed by atoms with Crippen LogP contribution in [0.15, 0.2) is 42.6 Å². The standard InChI is InChI=1S/C14H17N/c1-11-14(12-5-3-2-4-6-12)13-7-9-15(11)10-8-13/h2-6,13-14H,1,7-10H2. The highest BCUT2D eigenvalue weighted by Gasteiger charge is 2.37. The summed E-state index contributed by atoms with van der Waals surface area (Å²) in [7, 11) is 0. The average Bonchev–Trinajstić information content (AvgIpc) is 2.31. The zero-order chi connectivity index (χ0) is 10.3. The maximum Gasteiger partial charge on any atom is 0.0263 e. The largest absolute Gasteiger partial charge is 0.375 e. The normalized spacial score (nSPS) is 29.6. The fraction of sp³-hybridized carbons (Fsp3) is 0.429. The maximum atomic E-state index is 4.28. The Morgan fingerprint density at radius 3 is 2.33 bits per heavy atom. The molecule has 0 N–H and O–H groups in total. The summed E-state index contributed by atoms with van der Waals surface area (Å²) in [5, 5.41) is 0. The molecule has 1 atom stereocenters. The lowest BCUT2D eigenvalue weighted by Crippen LogP contribution is -2.44. The second-order valence-electron chi connectivity index (χ2n) is 4.70. The number of rotatable bonds is 1. The molecule has 78 valence electrons. The summed E-state index contributed by atoms with van der Waals surface area (Å²) in [5.41, 5.74) is 2.81. The van der Waals surface area contributed by atoms with Gasteiger partial charge in [-0.25, -0.2) is 0 Å². The van der Waals surface area contributed by atoms with Gasteiger partial charge in [0.15, 0.2) is 0 Å². The van der Waals surface area contributed by atoms with Crippen LogP contribution in [0, 0.1) is 5.92 Å². The molecule has 1 nitrogen and oxygen atoms in total. The van der Waals surface area contributed by atoms with Gasteiger partial charge in [0.2, 0.25) is 0 Å². The van der Waals surface area contributed by atoms with Crippen LogP contribution in [0.4, 0.5) is 0 Å². The molecule has 4 rings (SSSR count). The quantitative estimate of drug-likeness (QED) is 0.672. The highest BCUT2D eigenvalue weighted by atomic mass is 15.2. The van der Waals surface area contributed by atoms with Crippen LogP contribution in [0.1, 0.15) is 24.3 Å². The van der Waals surface area contributed by atoms with E-state index in [1.165, 1.54) is 37.2 Å². The Morgan fingerprint density at radius 2 is 1.73 bits per heavy atom. The lowest BCUT2D eigenvalue weighted by atomic mass is 9.73. The van der Waals surface area contributed by atoms with Crippen molar-refractivity contribution in [2.45, 2.75) is 18.8 Å². The van der Waals surface area contributed by atoms with E-state index in [1.54, 1.807) is 0 Å². The van der Waals surface area contributed by atoms with Crippen LogP contribution in [0.2, 0.25) is 0 Å². The highest BCUT2D eigenvalue weighted by Crippen LogP contribution is 2.44. The molecule has 15 heavy (non-hydrogen) atoms. The van der Waals surface area contributed by atoms with Crippen LogP contribution in [-0.2, 0) is 0 Å². The van der Waals surface area contributed by atoms with Gasteiger partial charge in [-0.3, -0.25) is 0 Å². The zero-order valence-electron chi connectivity index (χ0n) is 9.02. The second-order valence-corrected chi connectivity index (χ2v) is 4.70. The van der Waals surface area contributed by atoms with Gasteiger partial charge in [-0.15, -0.1) is 0 Å². The van der Waals surface area contributed by atoms with Crippen molar-refractivity contribution in [3.63, 3.8) is 0 Å². The van der Waals surface area contributed by atoms with E-state index in [0.717, 1.165) is 5.92 Å². The molecule has 3 aliphatic rings. The molecule has 0 spiro atoms. The SMILES string of the molecule is C=C1C(c2ccccc2)C2CCN1CC2. The van der Waals surface area contributed by atoms with Gasteiger partial charge in [-0.05, 0) is 24.3 Å². The van der Waals surface area contributed by atoms with Crippen LogP contribution in [0.25, 0.3) is 0 Å². The molecule has 0 radical (unpaired) electrons. The maximum absolute atomic E-state index is 4.28. The first-order chi connectivity index (χ1) is 7.36. The molecule has 0 aromatic heterocycles. The van der Waals surface area contributed by atoms with Crippen molar-refractivity contribution in [1.82, 2.24) is 4.90 Å². The van der Waals surface area contributed by atoms with Crippen molar-refractivity contribution in [3.8, 4) is 0 Å². The summed E-state index contributed by atoms with van der Waals surface area (Å²) >= 11 is 0. The van der Waals surface area contributed by atoms with Crippen LogP contribution in [0.5, 0.6) is 0 Å². The molecule has 3 fully saturated rings. The Morgan fingerprint density at radius 1 is 1.07 bits per heavy atom. The number of hydrogen-bond donors (Lipinski definition) is 0. The molecule has 2 bridgehead atoms. The summed E-state index contributed by atoms with van der Waals surface area (Å²) in [4.78, 5) is 2.47. The number of hydrogen-bond acceptors (Lipinski definition) is 1. The van der Waals surface area contributed by atoms with Gasteiger partial charge in [-0.1, -0.05) is 36.9 Å². The zero-order valence-corrected chi connectivity index (χ0v) is 9.02. The van der Waals surface area contributed by atoms with Crippen LogP contribution in [0.3, 0.4) is 0 Å². The number of allylic oxidation sites excluding steroid dienone is 1. The number of benzene rings is 1. The third-order valence-electron chi connectivity index (χ3n) is 3.93. The minimum absolute atomic E-state index is 0.591. The number of piperidine rings is 3. The molecule has 1 unspecified atom stereocenters. The van der Waals surface area contributed by atoms with E-state index in [-0.39, 0.29) is 0 Å². The van der Waals surface area contributed by atoms with Gasteiger partial charge in [0.25, 0.3) is 0 Å². The molecule has 0 saturated carbocycles. The predicted octanol–water partition coefficient (Wildman–Crippen LogP) is 3.01. The molecule has 0 amide bonds. The molecule has 0 aliphatic carbocycles. The monoisotopic (exact) mass is 199 g/mol. The van der Waals surface area contributed by atoms with Gasteiger partial charge in [0.1, 0.15) is 0 Å². The minimum Gasteiger partial charge on any atom is -0.375 e. The van der Waals surface area contributed by atoms with Crippen molar-refractivity contribution in [3.05, 3.63) is 48.2 Å². The van der Waals surface area contributed by atoms with Crippen LogP contribution < -0.4 is 0 Å². The van der Waals surface area contributed by atoms with E-state index in [2.05, 4.69) is 41.8 Å². The summed E-state index contributed by atoms with van der Waals surface area (Å²) in [5.74, 6) is 1.43. The Hall–Kier alpha value is -1.24. The third kappa shape index (κ3) is 1.38. The summed E-state index contributed by atoms with van der Waals surface area (Å²) in [6, 6.07) is 10.9. The molecular formula is C14H17N. The van der Waals surface area contributed by atoms with E-state index in [1.807, 2.05) is 0 Å². The lowest BCUT2D eigenvalue weighted by Gasteiger charge is -2.48. The Balaban J connectivity index is 1.96. The first-order valence-corrected chi connectivity index (χ1v) is 5.85. The number of nitrogens with zero attached hydrogens (tertiary/aromatic N) is 1. The minimum atomic E-state index is 0.591. The third-order valence-corrected chi connectivity index (χ3v) is 3.93.